The molecule has 3 rings (SSSR count). The molecule has 1 amide bonds. The van der Waals surface area contributed by atoms with E-state index in [9.17, 15) is 22.8 Å². The van der Waals surface area contributed by atoms with Crippen molar-refractivity contribution in [2.75, 3.05) is 13.1 Å². The number of carbonyl (C=O) groups is 1. The molecule has 0 unspecified atom stereocenters. The van der Waals surface area contributed by atoms with Crippen molar-refractivity contribution >= 4 is 16.8 Å². The molecular formula is C18H19F3N2O2. The largest absolute Gasteiger partial charge is 0.416 e. The molecule has 2 heterocycles. The van der Waals surface area contributed by atoms with Gasteiger partial charge in [-0.2, -0.15) is 13.2 Å². The summed E-state index contributed by atoms with van der Waals surface area (Å²) in [5.41, 5.74) is -1.19. The molecular weight excluding hydrogens is 333 g/mol. The Balaban J connectivity index is 2.17. The maximum atomic E-state index is 13.0. The first-order valence-corrected chi connectivity index (χ1v) is 8.36. The van der Waals surface area contributed by atoms with Gasteiger partial charge in [0.15, 0.2) is 0 Å². The van der Waals surface area contributed by atoms with Gasteiger partial charge in [0.1, 0.15) is 5.56 Å². The lowest BCUT2D eigenvalue weighted by Crippen LogP contribution is -2.38. The van der Waals surface area contributed by atoms with Crippen LogP contribution < -0.4 is 5.43 Å². The number of nitrogens with zero attached hydrogens (tertiary/aromatic N) is 2. The summed E-state index contributed by atoms with van der Waals surface area (Å²) in [5, 5.41) is -0.0699. The van der Waals surface area contributed by atoms with E-state index >= 15 is 0 Å². The lowest BCUT2D eigenvalue weighted by atomic mass is 10.1. The molecule has 25 heavy (non-hydrogen) atoms. The van der Waals surface area contributed by atoms with Gasteiger partial charge >= 0.3 is 6.18 Å². The third-order valence-electron chi connectivity index (χ3n) is 4.62. The number of likely N-dealkylation sites (tertiary alicyclic amines) is 1. The second kappa shape index (κ2) is 6.54. The van der Waals surface area contributed by atoms with Crippen molar-refractivity contribution in [3.63, 3.8) is 0 Å². The molecule has 1 aliphatic heterocycles. The number of aromatic nitrogens is 1. The van der Waals surface area contributed by atoms with E-state index in [2.05, 4.69) is 0 Å². The van der Waals surface area contributed by atoms with Gasteiger partial charge < -0.3 is 9.47 Å². The maximum Gasteiger partial charge on any atom is 0.416 e. The number of rotatable bonds is 2. The topological polar surface area (TPSA) is 42.3 Å². The molecule has 1 saturated heterocycles. The predicted octanol–water partition coefficient (Wildman–Crippen LogP) is 3.67. The number of fused-ring (bicyclic) bond motifs is 1. The van der Waals surface area contributed by atoms with Crippen LogP contribution >= 0.6 is 0 Å². The van der Waals surface area contributed by atoms with Crippen molar-refractivity contribution in [3.8, 4) is 0 Å². The van der Waals surface area contributed by atoms with Crippen LogP contribution in [0.4, 0.5) is 13.2 Å². The van der Waals surface area contributed by atoms with Crippen LogP contribution in [0.3, 0.4) is 0 Å². The molecule has 0 bridgehead atoms. The minimum absolute atomic E-state index is 0.0597. The average Bonchev–Trinajstić information content (AvgIpc) is 2.61. The first kappa shape index (κ1) is 17.5. The molecule has 1 aliphatic rings. The second-order valence-corrected chi connectivity index (χ2v) is 6.24. The Morgan fingerprint density at radius 1 is 1.16 bits per heavy atom. The molecule has 4 nitrogen and oxygen atoms in total. The summed E-state index contributed by atoms with van der Waals surface area (Å²) >= 11 is 0. The van der Waals surface area contributed by atoms with Crippen molar-refractivity contribution in [1.82, 2.24) is 9.47 Å². The standard InChI is InChI=1S/C18H19F3N2O2/c1-2-22-11-14(17(25)23-8-4-3-5-9-23)16(24)13-10-12(18(19,20)21)6-7-15(13)22/h6-7,10-11H,2-5,8-9H2,1H3. The fraction of sp³-hybridized carbons (Fsp3) is 0.444. The van der Waals surface area contributed by atoms with Gasteiger partial charge in [-0.3, -0.25) is 9.59 Å². The zero-order valence-electron chi connectivity index (χ0n) is 13.9. The Kier molecular flexibility index (Phi) is 4.58. The molecule has 2 aromatic rings. The van der Waals surface area contributed by atoms with Crippen LogP contribution in [-0.4, -0.2) is 28.5 Å². The second-order valence-electron chi connectivity index (χ2n) is 6.24. The highest BCUT2D eigenvalue weighted by atomic mass is 19.4. The van der Waals surface area contributed by atoms with Gasteiger partial charge in [-0.15, -0.1) is 0 Å². The number of halogens is 3. The van der Waals surface area contributed by atoms with Gasteiger partial charge in [-0.25, -0.2) is 0 Å². The minimum atomic E-state index is -4.54. The van der Waals surface area contributed by atoms with E-state index in [1.165, 1.54) is 12.3 Å². The number of alkyl halides is 3. The Labute approximate surface area is 142 Å². The Morgan fingerprint density at radius 3 is 2.44 bits per heavy atom. The molecule has 0 saturated carbocycles. The average molecular weight is 352 g/mol. The van der Waals surface area contributed by atoms with E-state index < -0.39 is 23.1 Å². The highest BCUT2D eigenvalue weighted by Crippen LogP contribution is 2.31. The quantitative estimate of drug-likeness (QED) is 0.828. The van der Waals surface area contributed by atoms with E-state index in [1.54, 1.807) is 9.47 Å². The number of pyridine rings is 1. The smallest absolute Gasteiger partial charge is 0.347 e. The van der Waals surface area contributed by atoms with Crippen LogP contribution in [0, 0.1) is 0 Å². The number of hydrogen-bond acceptors (Lipinski definition) is 2. The lowest BCUT2D eigenvalue weighted by molar-refractivity contribution is -0.137. The minimum Gasteiger partial charge on any atom is -0.347 e. The molecule has 0 radical (unpaired) electrons. The summed E-state index contributed by atoms with van der Waals surface area (Å²) in [7, 11) is 0. The zero-order valence-corrected chi connectivity index (χ0v) is 13.9. The Hall–Kier alpha value is -2.31. The lowest BCUT2D eigenvalue weighted by Gasteiger charge is -2.27. The van der Waals surface area contributed by atoms with Gasteiger partial charge in [-0.05, 0) is 44.4 Å². The molecule has 0 N–H and O–H groups in total. The molecule has 0 spiro atoms. The zero-order chi connectivity index (χ0) is 18.2. The third kappa shape index (κ3) is 3.27. The monoisotopic (exact) mass is 352 g/mol. The number of hydrogen-bond donors (Lipinski definition) is 0. The molecule has 0 atom stereocenters. The van der Waals surface area contributed by atoms with Crippen LogP contribution in [0.15, 0.2) is 29.2 Å². The van der Waals surface area contributed by atoms with E-state index in [-0.39, 0.29) is 10.9 Å². The molecule has 1 aromatic heterocycles. The Bertz CT molecular complexity index is 865. The summed E-state index contributed by atoms with van der Waals surface area (Å²) in [6.45, 7) is 3.41. The first-order chi connectivity index (χ1) is 11.8. The number of aryl methyl sites for hydroxylation is 1. The van der Waals surface area contributed by atoms with Gasteiger partial charge in [0.2, 0.25) is 5.43 Å². The van der Waals surface area contributed by atoms with Gasteiger partial charge in [0.05, 0.1) is 11.1 Å². The van der Waals surface area contributed by atoms with E-state index in [0.29, 0.717) is 25.2 Å². The Morgan fingerprint density at radius 2 is 1.84 bits per heavy atom. The third-order valence-corrected chi connectivity index (χ3v) is 4.62. The maximum absolute atomic E-state index is 13.0. The molecule has 0 aliphatic carbocycles. The van der Waals surface area contributed by atoms with Crippen LogP contribution in [0.2, 0.25) is 0 Å². The van der Waals surface area contributed by atoms with Crippen LogP contribution in [0.5, 0.6) is 0 Å². The normalized spacial score (nSPS) is 15.6. The van der Waals surface area contributed by atoms with E-state index in [0.717, 1.165) is 31.4 Å². The molecule has 1 fully saturated rings. The van der Waals surface area contributed by atoms with Crippen LogP contribution in [0.25, 0.3) is 10.9 Å². The fourth-order valence-electron chi connectivity index (χ4n) is 3.26. The van der Waals surface area contributed by atoms with Crippen LogP contribution in [-0.2, 0) is 12.7 Å². The SMILES string of the molecule is CCn1cc(C(=O)N2CCCCC2)c(=O)c2cc(C(F)(F)F)ccc21. The molecule has 1 aromatic carbocycles. The summed E-state index contributed by atoms with van der Waals surface area (Å²) < 4.78 is 40.6. The number of amides is 1. The molecule has 134 valence electrons. The summed E-state index contributed by atoms with van der Waals surface area (Å²) in [6.07, 6.45) is -0.284. The van der Waals surface area contributed by atoms with Gasteiger partial charge in [0, 0.05) is 31.2 Å². The predicted molar refractivity (Wildman–Crippen MR) is 88.6 cm³/mol. The number of carbonyl (C=O) groups excluding carboxylic acids is 1. The summed E-state index contributed by atoms with van der Waals surface area (Å²) in [4.78, 5) is 27.0. The number of benzene rings is 1. The number of piperidine rings is 1. The van der Waals surface area contributed by atoms with Crippen molar-refractivity contribution in [2.45, 2.75) is 38.9 Å². The van der Waals surface area contributed by atoms with Crippen molar-refractivity contribution in [1.29, 1.82) is 0 Å². The van der Waals surface area contributed by atoms with Gasteiger partial charge in [-0.1, -0.05) is 0 Å². The first-order valence-electron chi connectivity index (χ1n) is 8.36. The molecule has 7 heteroatoms. The van der Waals surface area contributed by atoms with E-state index in [4.69, 9.17) is 0 Å². The highest BCUT2D eigenvalue weighted by Gasteiger charge is 2.31. The fourth-order valence-corrected chi connectivity index (χ4v) is 3.26. The van der Waals surface area contributed by atoms with Crippen molar-refractivity contribution in [2.24, 2.45) is 0 Å². The van der Waals surface area contributed by atoms with Gasteiger partial charge in [0.25, 0.3) is 5.91 Å². The van der Waals surface area contributed by atoms with Crippen molar-refractivity contribution in [3.05, 3.63) is 45.7 Å². The summed E-state index contributed by atoms with van der Waals surface area (Å²) in [6, 6.07) is 3.09. The van der Waals surface area contributed by atoms with Crippen molar-refractivity contribution < 1.29 is 18.0 Å². The summed E-state index contributed by atoms with van der Waals surface area (Å²) in [5.74, 6) is -0.397. The van der Waals surface area contributed by atoms with Crippen LogP contribution in [0.1, 0.15) is 42.1 Å². The van der Waals surface area contributed by atoms with E-state index in [1.807, 2.05) is 6.92 Å². The highest BCUT2D eigenvalue weighted by molar-refractivity contribution is 5.97.